The number of nitro groups is 1. The van der Waals surface area contributed by atoms with Gasteiger partial charge in [0.15, 0.2) is 5.82 Å². The van der Waals surface area contributed by atoms with Crippen molar-refractivity contribution in [1.82, 2.24) is 9.71 Å². The van der Waals surface area contributed by atoms with Crippen LogP contribution in [0.1, 0.15) is 0 Å². The van der Waals surface area contributed by atoms with Gasteiger partial charge in [0.2, 0.25) is 0 Å². The van der Waals surface area contributed by atoms with Crippen LogP contribution in [-0.2, 0) is 0 Å². The third-order valence-electron chi connectivity index (χ3n) is 3.47. The second-order valence-electron chi connectivity index (χ2n) is 4.74. The third-order valence-corrected chi connectivity index (χ3v) is 3.47. The van der Waals surface area contributed by atoms with Gasteiger partial charge in [-0.2, -0.15) is 4.73 Å². The van der Waals surface area contributed by atoms with E-state index in [0.717, 1.165) is 4.73 Å². The molecule has 1 N–H and O–H groups in total. The summed E-state index contributed by atoms with van der Waals surface area (Å²) in [5.41, 5.74) is 1.09. The molecule has 0 aliphatic carbocycles. The van der Waals surface area contributed by atoms with Crippen LogP contribution in [0.4, 0.5) is 5.69 Å². The quantitative estimate of drug-likeness (QED) is 0.451. The second-order valence-corrected chi connectivity index (χ2v) is 4.74. The van der Waals surface area contributed by atoms with E-state index in [1.807, 2.05) is 0 Å². The van der Waals surface area contributed by atoms with Crippen molar-refractivity contribution < 1.29 is 19.6 Å². The molecule has 0 radical (unpaired) electrons. The number of methoxy groups -OCH3 is 2. The van der Waals surface area contributed by atoms with Gasteiger partial charge in [-0.05, 0) is 18.2 Å². The number of non-ortho nitro benzene ring substituents is 1. The molecule has 3 aromatic rings. The third kappa shape index (κ3) is 2.39. The molecular formula is C15H13N3O5. The number of benzene rings is 2. The summed E-state index contributed by atoms with van der Waals surface area (Å²) in [6, 6.07) is 9.16. The van der Waals surface area contributed by atoms with Crippen molar-refractivity contribution in [3.63, 3.8) is 0 Å². The summed E-state index contributed by atoms with van der Waals surface area (Å²) in [6.45, 7) is 0. The van der Waals surface area contributed by atoms with Crippen molar-refractivity contribution in [2.75, 3.05) is 14.2 Å². The Morgan fingerprint density at radius 3 is 2.61 bits per heavy atom. The van der Waals surface area contributed by atoms with Crippen molar-refractivity contribution in [3.05, 3.63) is 46.5 Å². The zero-order valence-electron chi connectivity index (χ0n) is 12.4. The van der Waals surface area contributed by atoms with Crippen molar-refractivity contribution in [2.45, 2.75) is 0 Å². The number of nitro benzene ring substituents is 1. The second kappa shape index (κ2) is 5.48. The first-order valence-corrected chi connectivity index (χ1v) is 6.63. The lowest BCUT2D eigenvalue weighted by Gasteiger charge is -2.09. The molecule has 0 aliphatic heterocycles. The molecule has 0 amide bonds. The van der Waals surface area contributed by atoms with Gasteiger partial charge in [0, 0.05) is 18.2 Å². The van der Waals surface area contributed by atoms with Crippen LogP contribution < -0.4 is 9.47 Å². The SMILES string of the molecule is COc1ccc(-c2nc3ccc([N+](=O)[O-])cc3n2O)c(OC)c1. The highest BCUT2D eigenvalue weighted by atomic mass is 16.6. The lowest BCUT2D eigenvalue weighted by atomic mass is 10.2. The predicted molar refractivity (Wildman–Crippen MR) is 82.1 cm³/mol. The molecule has 1 heterocycles. The first-order chi connectivity index (χ1) is 11.0. The minimum Gasteiger partial charge on any atom is -0.497 e. The number of aromatic nitrogens is 2. The molecule has 0 bridgehead atoms. The summed E-state index contributed by atoms with van der Waals surface area (Å²) < 4.78 is 11.2. The van der Waals surface area contributed by atoms with E-state index in [0.29, 0.717) is 22.6 Å². The van der Waals surface area contributed by atoms with E-state index in [9.17, 15) is 15.3 Å². The van der Waals surface area contributed by atoms with Crippen molar-refractivity contribution >= 4 is 16.7 Å². The molecule has 0 saturated carbocycles. The van der Waals surface area contributed by atoms with Gasteiger partial charge in [-0.3, -0.25) is 10.1 Å². The van der Waals surface area contributed by atoms with E-state index in [2.05, 4.69) is 4.98 Å². The average Bonchev–Trinajstić information content (AvgIpc) is 2.90. The van der Waals surface area contributed by atoms with E-state index < -0.39 is 4.92 Å². The zero-order valence-corrected chi connectivity index (χ0v) is 12.4. The van der Waals surface area contributed by atoms with Gasteiger partial charge in [0.25, 0.3) is 5.69 Å². The summed E-state index contributed by atoms with van der Waals surface area (Å²) in [5, 5.41) is 21.2. The fourth-order valence-electron chi connectivity index (χ4n) is 2.32. The molecule has 0 saturated heterocycles. The minimum absolute atomic E-state index is 0.124. The summed E-state index contributed by atoms with van der Waals surface area (Å²) in [4.78, 5) is 14.7. The molecule has 3 rings (SSSR count). The molecule has 2 aromatic carbocycles. The van der Waals surface area contributed by atoms with Crippen LogP contribution in [0.25, 0.3) is 22.4 Å². The Bertz CT molecular complexity index is 904. The highest BCUT2D eigenvalue weighted by Gasteiger charge is 2.18. The number of fused-ring (bicyclic) bond motifs is 1. The number of imidazole rings is 1. The molecule has 118 valence electrons. The fraction of sp³-hybridized carbons (Fsp3) is 0.133. The number of nitrogens with zero attached hydrogens (tertiary/aromatic N) is 3. The Labute approximate surface area is 130 Å². The first kappa shape index (κ1) is 14.6. The van der Waals surface area contributed by atoms with Gasteiger partial charge in [0.05, 0.1) is 30.2 Å². The topological polar surface area (TPSA) is 99.7 Å². The van der Waals surface area contributed by atoms with Crippen LogP contribution in [0.2, 0.25) is 0 Å². The van der Waals surface area contributed by atoms with E-state index >= 15 is 0 Å². The smallest absolute Gasteiger partial charge is 0.271 e. The molecule has 1 aromatic heterocycles. The standard InChI is InChI=1S/C15H13N3O5/c1-22-10-4-5-11(14(8-10)23-2)15-16-12-6-3-9(18(20)21)7-13(12)17(15)19/h3-8,19H,1-2H3. The number of rotatable bonds is 4. The molecule has 8 nitrogen and oxygen atoms in total. The van der Waals surface area contributed by atoms with Gasteiger partial charge in [-0.1, -0.05) is 0 Å². The molecule has 0 fully saturated rings. The van der Waals surface area contributed by atoms with Crippen LogP contribution >= 0.6 is 0 Å². The van der Waals surface area contributed by atoms with Crippen LogP contribution in [-0.4, -0.2) is 34.1 Å². The summed E-state index contributed by atoms with van der Waals surface area (Å²) in [5.74, 6) is 1.28. The maximum absolute atomic E-state index is 10.9. The van der Waals surface area contributed by atoms with Crippen LogP contribution in [0.15, 0.2) is 36.4 Å². The Morgan fingerprint density at radius 1 is 1.17 bits per heavy atom. The largest absolute Gasteiger partial charge is 0.497 e. The van der Waals surface area contributed by atoms with Gasteiger partial charge in [0.1, 0.15) is 17.0 Å². The Hall–Kier alpha value is -3.29. The normalized spacial score (nSPS) is 10.7. The Kier molecular flexibility index (Phi) is 3.49. The average molecular weight is 315 g/mol. The highest BCUT2D eigenvalue weighted by Crippen LogP contribution is 2.34. The maximum Gasteiger partial charge on any atom is 0.271 e. The molecule has 0 atom stereocenters. The summed E-state index contributed by atoms with van der Waals surface area (Å²) in [6.07, 6.45) is 0. The van der Waals surface area contributed by atoms with Crippen molar-refractivity contribution in [1.29, 1.82) is 0 Å². The lowest BCUT2D eigenvalue weighted by molar-refractivity contribution is -0.384. The maximum atomic E-state index is 10.9. The van der Waals surface area contributed by atoms with Gasteiger partial charge >= 0.3 is 0 Å². The molecular weight excluding hydrogens is 302 g/mol. The number of hydrogen-bond acceptors (Lipinski definition) is 6. The van der Waals surface area contributed by atoms with E-state index in [1.54, 1.807) is 18.2 Å². The fourth-order valence-corrected chi connectivity index (χ4v) is 2.32. The zero-order chi connectivity index (χ0) is 16.6. The molecule has 0 aliphatic rings. The van der Waals surface area contributed by atoms with Crippen LogP contribution in [0, 0.1) is 10.1 Å². The van der Waals surface area contributed by atoms with E-state index in [-0.39, 0.29) is 17.0 Å². The van der Waals surface area contributed by atoms with Gasteiger partial charge in [-0.25, -0.2) is 4.98 Å². The van der Waals surface area contributed by atoms with Crippen molar-refractivity contribution in [2.24, 2.45) is 0 Å². The van der Waals surface area contributed by atoms with Gasteiger partial charge in [-0.15, -0.1) is 0 Å². The summed E-state index contributed by atoms with van der Waals surface area (Å²) >= 11 is 0. The number of hydrogen-bond donors (Lipinski definition) is 1. The van der Waals surface area contributed by atoms with E-state index in [1.165, 1.54) is 32.4 Å². The predicted octanol–water partition coefficient (Wildman–Crippen LogP) is 2.87. The minimum atomic E-state index is -0.528. The van der Waals surface area contributed by atoms with Gasteiger partial charge < -0.3 is 14.7 Å². The molecule has 0 spiro atoms. The molecule has 8 heteroatoms. The Morgan fingerprint density at radius 2 is 1.96 bits per heavy atom. The molecule has 0 unspecified atom stereocenters. The van der Waals surface area contributed by atoms with Crippen LogP contribution in [0.3, 0.4) is 0 Å². The highest BCUT2D eigenvalue weighted by molar-refractivity contribution is 5.83. The summed E-state index contributed by atoms with van der Waals surface area (Å²) in [7, 11) is 3.03. The molecule has 23 heavy (non-hydrogen) atoms. The Balaban J connectivity index is 2.21. The lowest BCUT2D eigenvalue weighted by Crippen LogP contribution is -1.97. The van der Waals surface area contributed by atoms with E-state index in [4.69, 9.17) is 9.47 Å². The monoisotopic (exact) mass is 315 g/mol. The van der Waals surface area contributed by atoms with Crippen molar-refractivity contribution in [3.8, 4) is 22.9 Å². The number of ether oxygens (including phenoxy) is 2. The van der Waals surface area contributed by atoms with Crippen LogP contribution in [0.5, 0.6) is 11.5 Å². The first-order valence-electron chi connectivity index (χ1n) is 6.63.